The molecule has 0 unspecified atom stereocenters. The third-order valence-electron chi connectivity index (χ3n) is 0.482. The first kappa shape index (κ1) is 8.61. The predicted molar refractivity (Wildman–Crippen MR) is 42.7 cm³/mol. The van der Waals surface area contributed by atoms with Gasteiger partial charge in [0.05, 0.1) is 24.4 Å². The van der Waals surface area contributed by atoms with E-state index in [0.29, 0.717) is 13.3 Å². The molecule has 0 aliphatic heterocycles. The van der Waals surface area contributed by atoms with Gasteiger partial charge in [0.2, 0.25) is 0 Å². The van der Waals surface area contributed by atoms with E-state index in [4.69, 9.17) is 11.5 Å². The maximum atomic E-state index is 5.06. The summed E-state index contributed by atoms with van der Waals surface area (Å²) in [6.07, 6.45) is 0. The number of thioether (sulfide) groups is 1. The minimum Gasteiger partial charge on any atom is -0.312 e. The number of rotatable bonds is 4. The second kappa shape index (κ2) is 7.61. The second-order valence-electron chi connectivity index (χ2n) is 1.08. The molecule has 0 atom stereocenters. The van der Waals surface area contributed by atoms with Gasteiger partial charge in [-0.1, -0.05) is 11.8 Å². The Morgan fingerprint density at radius 2 is 1.56 bits per heavy atom. The number of hydrogen-bond donors (Lipinski definition) is 2. The molecule has 0 radical (unpaired) electrons. The van der Waals surface area contributed by atoms with Crippen LogP contribution in [0.4, 0.5) is 0 Å². The van der Waals surface area contributed by atoms with Gasteiger partial charge in [0.1, 0.15) is 0 Å². The largest absolute Gasteiger partial charge is 0.312 e. The van der Waals surface area contributed by atoms with E-state index >= 15 is 0 Å². The lowest BCUT2D eigenvalue weighted by atomic mass is 11.2. The average Bonchev–Trinajstić information content (AvgIpc) is 1.89. The first-order valence-electron chi connectivity index (χ1n) is 2.44. The Hall–Kier alpha value is -0.390. The van der Waals surface area contributed by atoms with Crippen molar-refractivity contribution >= 4 is 22.9 Å². The summed E-state index contributed by atoms with van der Waals surface area (Å²) in [6.45, 7) is 0.646. The van der Waals surface area contributed by atoms with Crippen molar-refractivity contribution in [3.63, 3.8) is 0 Å². The second-order valence-corrected chi connectivity index (χ2v) is 1.77. The Balaban J connectivity index is 3.08. The zero-order chi connectivity index (χ0) is 6.95. The van der Waals surface area contributed by atoms with Crippen molar-refractivity contribution in [3.8, 4) is 0 Å². The standard InChI is InChI=1S/C4H10N4S/c5-1-7-3-9-4-8-2-6/h3-4H,1-2,5-6H2. The Bertz CT molecular complexity index is 88.7. The highest BCUT2D eigenvalue weighted by Gasteiger charge is 1.69. The Morgan fingerprint density at radius 3 is 1.89 bits per heavy atom. The summed E-state index contributed by atoms with van der Waals surface area (Å²) < 4.78 is 0. The van der Waals surface area contributed by atoms with Gasteiger partial charge >= 0.3 is 0 Å². The van der Waals surface area contributed by atoms with Gasteiger partial charge in [-0.15, -0.1) is 0 Å². The van der Waals surface area contributed by atoms with Crippen molar-refractivity contribution in [1.29, 1.82) is 0 Å². The van der Waals surface area contributed by atoms with E-state index in [9.17, 15) is 0 Å². The molecule has 0 aliphatic carbocycles. The fourth-order valence-electron chi connectivity index (χ4n) is 0.199. The molecule has 0 heterocycles. The molecule has 4 nitrogen and oxygen atoms in total. The molecule has 0 rings (SSSR count). The van der Waals surface area contributed by atoms with Crippen molar-refractivity contribution in [3.05, 3.63) is 0 Å². The molecule has 0 bridgehead atoms. The molecular weight excluding hydrogens is 136 g/mol. The fourth-order valence-corrected chi connectivity index (χ4v) is 0.598. The van der Waals surface area contributed by atoms with Gasteiger partial charge in [0.15, 0.2) is 0 Å². The first-order chi connectivity index (χ1) is 4.41. The number of aliphatic imine (C=N–C) groups is 2. The van der Waals surface area contributed by atoms with Crippen molar-refractivity contribution in [2.45, 2.75) is 0 Å². The molecular formula is C4H10N4S. The van der Waals surface area contributed by atoms with E-state index in [-0.39, 0.29) is 0 Å². The van der Waals surface area contributed by atoms with E-state index < -0.39 is 0 Å². The molecule has 5 heteroatoms. The molecule has 4 N–H and O–H groups in total. The lowest BCUT2D eigenvalue weighted by Gasteiger charge is -1.80. The van der Waals surface area contributed by atoms with E-state index in [0.717, 1.165) is 0 Å². The molecule has 0 aromatic heterocycles. The number of nitrogens with two attached hydrogens (primary N) is 2. The SMILES string of the molecule is NCN=CSC=NCN. The average molecular weight is 146 g/mol. The maximum Gasteiger partial charge on any atom is 0.0865 e. The van der Waals surface area contributed by atoms with Crippen LogP contribution in [0.5, 0.6) is 0 Å². The quantitative estimate of drug-likeness (QED) is 0.419. The summed E-state index contributed by atoms with van der Waals surface area (Å²) >= 11 is 1.36. The van der Waals surface area contributed by atoms with Gasteiger partial charge in [-0.05, 0) is 0 Å². The smallest absolute Gasteiger partial charge is 0.0865 e. The van der Waals surface area contributed by atoms with Crippen molar-refractivity contribution in [2.24, 2.45) is 21.5 Å². The molecule has 0 aromatic carbocycles. The summed E-state index contributed by atoms with van der Waals surface area (Å²) in [5.74, 6) is 0. The molecule has 0 saturated carbocycles. The van der Waals surface area contributed by atoms with Gasteiger partial charge in [-0.3, -0.25) is 9.98 Å². The Kier molecular flexibility index (Phi) is 7.28. The van der Waals surface area contributed by atoms with Gasteiger partial charge in [-0.2, -0.15) is 0 Å². The number of nitrogens with zero attached hydrogens (tertiary/aromatic N) is 2. The Morgan fingerprint density at radius 1 is 1.11 bits per heavy atom. The van der Waals surface area contributed by atoms with Crippen LogP contribution in [0.25, 0.3) is 0 Å². The van der Waals surface area contributed by atoms with Crippen molar-refractivity contribution < 1.29 is 0 Å². The summed E-state index contributed by atoms with van der Waals surface area (Å²) in [5.41, 5.74) is 13.4. The van der Waals surface area contributed by atoms with Crippen LogP contribution in [0.15, 0.2) is 9.98 Å². The zero-order valence-corrected chi connectivity index (χ0v) is 5.84. The van der Waals surface area contributed by atoms with Gasteiger partial charge < -0.3 is 11.5 Å². The zero-order valence-electron chi connectivity index (χ0n) is 5.03. The molecule has 0 aromatic rings. The van der Waals surface area contributed by atoms with Crippen LogP contribution in [0.2, 0.25) is 0 Å². The first-order valence-corrected chi connectivity index (χ1v) is 3.38. The lowest BCUT2D eigenvalue weighted by molar-refractivity contribution is 1.08. The topological polar surface area (TPSA) is 76.8 Å². The van der Waals surface area contributed by atoms with Gasteiger partial charge in [-0.25, -0.2) is 0 Å². The molecule has 0 fully saturated rings. The maximum absolute atomic E-state index is 5.06. The third kappa shape index (κ3) is 7.61. The van der Waals surface area contributed by atoms with E-state index in [2.05, 4.69) is 9.98 Å². The summed E-state index contributed by atoms with van der Waals surface area (Å²) in [5, 5.41) is 0. The molecule has 0 saturated heterocycles. The molecule has 9 heavy (non-hydrogen) atoms. The van der Waals surface area contributed by atoms with E-state index in [1.165, 1.54) is 11.8 Å². The summed E-state index contributed by atoms with van der Waals surface area (Å²) in [6, 6.07) is 0. The van der Waals surface area contributed by atoms with Crippen LogP contribution in [0, 0.1) is 0 Å². The molecule has 52 valence electrons. The predicted octanol–water partition coefficient (Wildman–Crippen LogP) is -0.391. The van der Waals surface area contributed by atoms with Crippen LogP contribution in [-0.2, 0) is 0 Å². The van der Waals surface area contributed by atoms with E-state index in [1.807, 2.05) is 0 Å². The van der Waals surface area contributed by atoms with Crippen molar-refractivity contribution in [1.82, 2.24) is 0 Å². The monoisotopic (exact) mass is 146 g/mol. The van der Waals surface area contributed by atoms with Crippen LogP contribution >= 0.6 is 11.8 Å². The van der Waals surface area contributed by atoms with Gasteiger partial charge in [0.25, 0.3) is 0 Å². The fraction of sp³-hybridized carbons (Fsp3) is 0.500. The summed E-state index contributed by atoms with van der Waals surface area (Å²) in [7, 11) is 0. The highest BCUT2D eigenvalue weighted by atomic mass is 32.2. The minimum absolute atomic E-state index is 0.323. The van der Waals surface area contributed by atoms with Crippen LogP contribution in [0.1, 0.15) is 0 Å². The lowest BCUT2D eigenvalue weighted by Crippen LogP contribution is -1.94. The highest BCUT2D eigenvalue weighted by molar-refractivity contribution is 8.23. The number of hydrogen-bond acceptors (Lipinski definition) is 5. The molecule has 0 aliphatic rings. The van der Waals surface area contributed by atoms with Crippen LogP contribution in [0.3, 0.4) is 0 Å². The van der Waals surface area contributed by atoms with Crippen LogP contribution in [-0.4, -0.2) is 24.4 Å². The van der Waals surface area contributed by atoms with Crippen molar-refractivity contribution in [2.75, 3.05) is 13.3 Å². The third-order valence-corrected chi connectivity index (χ3v) is 1.02. The Labute approximate surface area is 58.4 Å². The molecule has 0 amide bonds. The highest BCUT2D eigenvalue weighted by Crippen LogP contribution is 1.85. The minimum atomic E-state index is 0.323. The summed E-state index contributed by atoms with van der Waals surface area (Å²) in [4.78, 5) is 7.45. The normalized spacial score (nSPS) is 11.8. The molecule has 0 spiro atoms. The van der Waals surface area contributed by atoms with Crippen LogP contribution < -0.4 is 11.5 Å². The van der Waals surface area contributed by atoms with E-state index in [1.54, 1.807) is 11.1 Å². The van der Waals surface area contributed by atoms with Gasteiger partial charge in [0, 0.05) is 0 Å².